The van der Waals surface area contributed by atoms with Gasteiger partial charge in [-0.1, -0.05) is 12.1 Å². The molecular weight excluding hydrogens is 278 g/mol. The Labute approximate surface area is 128 Å². The van der Waals surface area contributed by atoms with E-state index in [2.05, 4.69) is 5.10 Å². The van der Waals surface area contributed by atoms with E-state index in [0.717, 1.165) is 16.8 Å². The Morgan fingerprint density at radius 3 is 2.32 bits per heavy atom. The number of anilines is 1. The first-order valence-corrected chi connectivity index (χ1v) is 7.17. The highest BCUT2D eigenvalue weighted by atomic mass is 16.1. The molecule has 6 heteroatoms. The third kappa shape index (κ3) is 2.22. The highest BCUT2D eigenvalue weighted by molar-refractivity contribution is 5.74. The zero-order valence-corrected chi connectivity index (χ0v) is 12.9. The molecule has 0 amide bonds. The monoisotopic (exact) mass is 297 g/mol. The van der Waals surface area contributed by atoms with Gasteiger partial charge >= 0.3 is 5.69 Å². The van der Waals surface area contributed by atoms with Crippen molar-refractivity contribution >= 4 is 5.82 Å². The average Bonchev–Trinajstić information content (AvgIpc) is 3.04. The van der Waals surface area contributed by atoms with Gasteiger partial charge in [-0.25, -0.2) is 4.79 Å². The number of nitrogen functional groups attached to an aromatic ring is 1. The van der Waals surface area contributed by atoms with Crippen LogP contribution in [0.25, 0.3) is 16.8 Å². The fraction of sp³-hybridized carbons (Fsp3) is 0.250. The van der Waals surface area contributed by atoms with Gasteiger partial charge in [0.25, 0.3) is 0 Å². The van der Waals surface area contributed by atoms with Crippen LogP contribution in [0.3, 0.4) is 0 Å². The lowest BCUT2D eigenvalue weighted by molar-refractivity contribution is 0.574. The molecule has 2 aromatic heterocycles. The third-order valence-corrected chi connectivity index (χ3v) is 3.80. The van der Waals surface area contributed by atoms with Crippen molar-refractivity contribution in [3.63, 3.8) is 0 Å². The van der Waals surface area contributed by atoms with E-state index < -0.39 is 0 Å². The van der Waals surface area contributed by atoms with Crippen molar-refractivity contribution in [2.75, 3.05) is 5.73 Å². The summed E-state index contributed by atoms with van der Waals surface area (Å²) in [6.07, 6.45) is 5.33. The number of nitrogens with two attached hydrogens (primary N) is 1. The molecule has 114 valence electrons. The molecule has 2 heterocycles. The lowest BCUT2D eigenvalue weighted by atomic mass is 10.1. The van der Waals surface area contributed by atoms with Gasteiger partial charge in [0.15, 0.2) is 0 Å². The van der Waals surface area contributed by atoms with Crippen LogP contribution in [0.15, 0.2) is 47.7 Å². The third-order valence-electron chi connectivity index (χ3n) is 3.80. The largest absolute Gasteiger partial charge is 0.383 e. The van der Waals surface area contributed by atoms with Crippen molar-refractivity contribution in [3.05, 3.63) is 53.3 Å². The lowest BCUT2D eigenvalue weighted by Crippen LogP contribution is -2.24. The first kappa shape index (κ1) is 14.2. The number of nitrogens with zero attached hydrogens (tertiary/aromatic N) is 4. The Hall–Kier alpha value is -2.76. The van der Waals surface area contributed by atoms with Gasteiger partial charge in [-0.3, -0.25) is 13.8 Å². The first-order valence-electron chi connectivity index (χ1n) is 7.17. The molecule has 2 N–H and O–H groups in total. The van der Waals surface area contributed by atoms with Crippen LogP contribution in [0.1, 0.15) is 19.9 Å². The van der Waals surface area contributed by atoms with Crippen molar-refractivity contribution in [2.45, 2.75) is 19.9 Å². The molecule has 0 saturated heterocycles. The summed E-state index contributed by atoms with van der Waals surface area (Å²) in [6, 6.07) is 7.86. The predicted molar refractivity (Wildman–Crippen MR) is 87.0 cm³/mol. The molecule has 3 aromatic rings. The van der Waals surface area contributed by atoms with Crippen molar-refractivity contribution in [3.8, 4) is 16.8 Å². The number of aromatic nitrogens is 4. The fourth-order valence-electron chi connectivity index (χ4n) is 2.45. The molecule has 0 fully saturated rings. The molecule has 0 spiro atoms. The molecule has 0 aliphatic heterocycles. The van der Waals surface area contributed by atoms with E-state index in [0.29, 0.717) is 5.82 Å². The SMILES string of the molecule is CC(C)n1ccn(-c2ccc(-c3cnn(C)c3N)cc2)c1=O. The zero-order chi connectivity index (χ0) is 15.9. The molecule has 0 aliphatic rings. The van der Waals surface area contributed by atoms with Crippen LogP contribution in [0.5, 0.6) is 0 Å². The molecule has 0 unspecified atom stereocenters. The predicted octanol–water partition coefficient (Wildman–Crippen LogP) is 2.20. The van der Waals surface area contributed by atoms with Gasteiger partial charge in [-0.15, -0.1) is 0 Å². The molecule has 0 atom stereocenters. The average molecular weight is 297 g/mol. The second kappa shape index (κ2) is 5.22. The van der Waals surface area contributed by atoms with Crippen molar-refractivity contribution in [1.82, 2.24) is 18.9 Å². The van der Waals surface area contributed by atoms with Crippen molar-refractivity contribution in [1.29, 1.82) is 0 Å². The molecule has 22 heavy (non-hydrogen) atoms. The number of benzene rings is 1. The Kier molecular flexibility index (Phi) is 3.36. The minimum Gasteiger partial charge on any atom is -0.383 e. The maximum atomic E-state index is 12.3. The van der Waals surface area contributed by atoms with Crippen molar-refractivity contribution < 1.29 is 0 Å². The van der Waals surface area contributed by atoms with Crippen LogP contribution in [0.2, 0.25) is 0 Å². The summed E-state index contributed by atoms with van der Waals surface area (Å²) in [5.41, 5.74) is 8.64. The van der Waals surface area contributed by atoms with Crippen molar-refractivity contribution in [2.24, 2.45) is 7.05 Å². The summed E-state index contributed by atoms with van der Waals surface area (Å²) in [7, 11) is 1.81. The highest BCUT2D eigenvalue weighted by Gasteiger charge is 2.10. The number of rotatable bonds is 3. The van der Waals surface area contributed by atoms with Gasteiger partial charge in [-0.05, 0) is 31.5 Å². The second-order valence-electron chi connectivity index (χ2n) is 5.57. The van der Waals surface area contributed by atoms with E-state index in [1.165, 1.54) is 0 Å². The number of imidazole rings is 1. The minimum atomic E-state index is -0.0383. The van der Waals surface area contributed by atoms with Crippen LogP contribution < -0.4 is 11.4 Å². The summed E-state index contributed by atoms with van der Waals surface area (Å²) in [4.78, 5) is 12.3. The molecule has 0 aliphatic carbocycles. The van der Waals surface area contributed by atoms with Crippen LogP contribution >= 0.6 is 0 Å². The van der Waals surface area contributed by atoms with E-state index in [-0.39, 0.29) is 11.7 Å². The normalized spacial score (nSPS) is 11.3. The Morgan fingerprint density at radius 1 is 1.14 bits per heavy atom. The second-order valence-corrected chi connectivity index (χ2v) is 5.57. The molecule has 0 radical (unpaired) electrons. The Bertz CT molecular complexity index is 852. The van der Waals surface area contributed by atoms with Gasteiger partial charge < -0.3 is 5.73 Å². The maximum absolute atomic E-state index is 12.3. The van der Waals surface area contributed by atoms with E-state index in [1.807, 2.05) is 38.1 Å². The van der Waals surface area contributed by atoms with Crippen LogP contribution in [0, 0.1) is 0 Å². The summed E-state index contributed by atoms with van der Waals surface area (Å²) < 4.78 is 4.97. The summed E-state index contributed by atoms with van der Waals surface area (Å²) in [6.45, 7) is 3.97. The highest BCUT2D eigenvalue weighted by Crippen LogP contribution is 2.25. The summed E-state index contributed by atoms with van der Waals surface area (Å²) in [5, 5.41) is 4.14. The van der Waals surface area contributed by atoms with Crippen LogP contribution in [-0.2, 0) is 7.05 Å². The summed E-state index contributed by atoms with van der Waals surface area (Å²) >= 11 is 0. The van der Waals surface area contributed by atoms with Crippen LogP contribution in [0.4, 0.5) is 5.82 Å². The van der Waals surface area contributed by atoms with E-state index in [9.17, 15) is 4.79 Å². The molecule has 0 bridgehead atoms. The number of hydrogen-bond acceptors (Lipinski definition) is 3. The zero-order valence-electron chi connectivity index (χ0n) is 12.9. The topological polar surface area (TPSA) is 70.8 Å². The van der Waals surface area contributed by atoms with Gasteiger partial charge in [0, 0.05) is 31.0 Å². The van der Waals surface area contributed by atoms with Gasteiger partial charge in [0.2, 0.25) is 0 Å². The maximum Gasteiger partial charge on any atom is 0.332 e. The lowest BCUT2D eigenvalue weighted by Gasteiger charge is -2.06. The van der Waals surface area contributed by atoms with E-state index in [4.69, 9.17) is 5.73 Å². The quantitative estimate of drug-likeness (QED) is 0.805. The number of hydrogen-bond donors (Lipinski definition) is 1. The van der Waals surface area contributed by atoms with Gasteiger partial charge in [0.05, 0.1) is 11.9 Å². The molecule has 3 rings (SSSR count). The summed E-state index contributed by atoms with van der Waals surface area (Å²) in [5.74, 6) is 0.621. The number of aryl methyl sites for hydroxylation is 1. The van der Waals surface area contributed by atoms with Crippen LogP contribution in [-0.4, -0.2) is 18.9 Å². The fourth-order valence-corrected chi connectivity index (χ4v) is 2.45. The van der Waals surface area contributed by atoms with Gasteiger partial charge in [-0.2, -0.15) is 5.10 Å². The standard InChI is InChI=1S/C16H19N5O/c1-11(2)20-8-9-21(16(20)22)13-6-4-12(5-7-13)14-10-18-19(3)15(14)17/h4-11H,17H2,1-3H3. The first-order chi connectivity index (χ1) is 10.5. The Morgan fingerprint density at radius 2 is 1.82 bits per heavy atom. The molecule has 0 saturated carbocycles. The molecule has 6 nitrogen and oxygen atoms in total. The minimum absolute atomic E-state index is 0.0383. The molecular formula is C16H19N5O. The van der Waals surface area contributed by atoms with E-state index in [1.54, 1.807) is 39.5 Å². The van der Waals surface area contributed by atoms with Gasteiger partial charge in [0.1, 0.15) is 5.82 Å². The van der Waals surface area contributed by atoms with E-state index >= 15 is 0 Å². The smallest absolute Gasteiger partial charge is 0.332 e. The Balaban J connectivity index is 1.98. The molecule has 1 aromatic carbocycles.